The Morgan fingerprint density at radius 2 is 1.38 bits per heavy atom. The fraction of sp³-hybridized carbons (Fsp3) is 0.182. The van der Waals surface area contributed by atoms with Gasteiger partial charge in [-0.3, -0.25) is 0 Å². The van der Waals surface area contributed by atoms with Crippen LogP contribution >= 0.6 is 0 Å². The maximum Gasteiger partial charge on any atom is 0.143 e. The second kappa shape index (κ2) is 7.00. The molecule has 0 atom stereocenters. The summed E-state index contributed by atoms with van der Waals surface area (Å²) in [5.41, 5.74) is 4.52. The Bertz CT molecular complexity index is 965. The molecular formula is C22H22N4. The minimum absolute atomic E-state index is 0.778. The van der Waals surface area contributed by atoms with Crippen LogP contribution in [0, 0.1) is 13.8 Å². The lowest BCUT2D eigenvalue weighted by Gasteiger charge is -2.25. The van der Waals surface area contributed by atoms with Gasteiger partial charge >= 0.3 is 0 Å². The van der Waals surface area contributed by atoms with E-state index >= 15 is 0 Å². The molecule has 0 saturated heterocycles. The maximum atomic E-state index is 4.80. The molecule has 0 aliphatic carbocycles. The van der Waals surface area contributed by atoms with Crippen molar-refractivity contribution in [2.75, 3.05) is 4.90 Å². The van der Waals surface area contributed by atoms with Crippen molar-refractivity contribution in [2.45, 2.75) is 26.9 Å². The van der Waals surface area contributed by atoms with Crippen LogP contribution in [-0.2, 0) is 13.1 Å². The quantitative estimate of drug-likeness (QED) is 0.567. The fourth-order valence-corrected chi connectivity index (χ4v) is 3.29. The number of aryl methyl sites for hydroxylation is 2. The van der Waals surface area contributed by atoms with E-state index in [0.717, 1.165) is 41.5 Å². The standard InChI is InChI=1S/C22H22N4/c1-16-13-20-21(23-16)24-17(2)25-22(20)26(14-18-9-5-3-6-10-18)15-19-11-7-4-8-12-19/h3-13H,14-15H2,1-2H3,(H,23,24,25). The molecule has 0 aliphatic heterocycles. The zero-order valence-corrected chi connectivity index (χ0v) is 15.1. The first-order valence-electron chi connectivity index (χ1n) is 8.86. The number of benzene rings is 2. The van der Waals surface area contributed by atoms with Crippen LogP contribution in [0.2, 0.25) is 0 Å². The highest BCUT2D eigenvalue weighted by Crippen LogP contribution is 2.27. The summed E-state index contributed by atoms with van der Waals surface area (Å²) in [5, 5.41) is 1.07. The normalized spacial score (nSPS) is 11.0. The summed E-state index contributed by atoms with van der Waals surface area (Å²) in [6, 6.07) is 23.2. The zero-order valence-electron chi connectivity index (χ0n) is 15.1. The van der Waals surface area contributed by atoms with Crippen molar-refractivity contribution in [3.8, 4) is 0 Å². The second-order valence-corrected chi connectivity index (χ2v) is 6.64. The van der Waals surface area contributed by atoms with Gasteiger partial charge in [-0.2, -0.15) is 0 Å². The first-order chi connectivity index (χ1) is 12.7. The molecule has 1 N–H and O–H groups in total. The third-order valence-corrected chi connectivity index (χ3v) is 4.45. The van der Waals surface area contributed by atoms with Crippen LogP contribution in [-0.4, -0.2) is 15.0 Å². The summed E-state index contributed by atoms with van der Waals surface area (Å²) in [7, 11) is 0. The van der Waals surface area contributed by atoms with Crippen LogP contribution in [0.3, 0.4) is 0 Å². The van der Waals surface area contributed by atoms with Crippen LogP contribution < -0.4 is 4.90 Å². The molecule has 130 valence electrons. The Morgan fingerprint density at radius 3 is 1.96 bits per heavy atom. The lowest BCUT2D eigenvalue weighted by atomic mass is 10.1. The summed E-state index contributed by atoms with van der Waals surface area (Å²) in [6.45, 7) is 5.60. The van der Waals surface area contributed by atoms with E-state index in [1.165, 1.54) is 11.1 Å². The number of H-pyrrole nitrogens is 1. The third kappa shape index (κ3) is 3.45. The number of nitrogens with zero attached hydrogens (tertiary/aromatic N) is 3. The molecule has 4 nitrogen and oxygen atoms in total. The van der Waals surface area contributed by atoms with Crippen LogP contribution in [0.1, 0.15) is 22.6 Å². The first kappa shape index (κ1) is 16.3. The average Bonchev–Trinajstić information content (AvgIpc) is 3.02. The minimum Gasteiger partial charge on any atom is -0.347 e. The zero-order chi connectivity index (χ0) is 17.9. The summed E-state index contributed by atoms with van der Waals surface area (Å²) in [4.78, 5) is 15.0. The molecule has 4 aromatic rings. The number of fused-ring (bicyclic) bond motifs is 1. The van der Waals surface area contributed by atoms with Gasteiger partial charge in [0.25, 0.3) is 0 Å². The molecule has 0 unspecified atom stereocenters. The number of rotatable bonds is 5. The molecule has 4 heteroatoms. The first-order valence-corrected chi connectivity index (χ1v) is 8.86. The Balaban J connectivity index is 1.79. The Morgan fingerprint density at radius 1 is 0.808 bits per heavy atom. The van der Waals surface area contributed by atoms with Crippen molar-refractivity contribution < 1.29 is 0 Å². The van der Waals surface area contributed by atoms with Gasteiger partial charge in [0.05, 0.1) is 5.39 Å². The number of aromatic nitrogens is 3. The molecular weight excluding hydrogens is 320 g/mol. The predicted octanol–water partition coefficient (Wildman–Crippen LogP) is 4.78. The highest BCUT2D eigenvalue weighted by Gasteiger charge is 2.16. The number of aromatic amines is 1. The molecule has 4 rings (SSSR count). The summed E-state index contributed by atoms with van der Waals surface area (Å²) in [6.07, 6.45) is 0. The van der Waals surface area contributed by atoms with E-state index in [-0.39, 0.29) is 0 Å². The van der Waals surface area contributed by atoms with Gasteiger partial charge in [0.2, 0.25) is 0 Å². The van der Waals surface area contributed by atoms with Gasteiger partial charge in [0, 0.05) is 18.8 Å². The van der Waals surface area contributed by atoms with Gasteiger partial charge in [-0.1, -0.05) is 60.7 Å². The lowest BCUT2D eigenvalue weighted by molar-refractivity contribution is 0.782. The minimum atomic E-state index is 0.778. The molecule has 0 bridgehead atoms. The van der Waals surface area contributed by atoms with E-state index in [1.807, 2.05) is 19.1 Å². The molecule has 2 heterocycles. The van der Waals surface area contributed by atoms with E-state index < -0.39 is 0 Å². The predicted molar refractivity (Wildman–Crippen MR) is 106 cm³/mol. The SMILES string of the molecule is Cc1nc(N(Cc2ccccc2)Cc2ccccc2)c2cc(C)[nH]c2n1. The van der Waals surface area contributed by atoms with E-state index in [1.54, 1.807) is 0 Å². The highest BCUT2D eigenvalue weighted by molar-refractivity contribution is 5.88. The topological polar surface area (TPSA) is 44.8 Å². The largest absolute Gasteiger partial charge is 0.347 e. The average molecular weight is 342 g/mol. The van der Waals surface area contributed by atoms with E-state index in [9.17, 15) is 0 Å². The van der Waals surface area contributed by atoms with Crippen LogP contribution in [0.15, 0.2) is 66.7 Å². The summed E-state index contributed by atoms with van der Waals surface area (Å²) in [5.74, 6) is 1.75. The van der Waals surface area contributed by atoms with Crippen molar-refractivity contribution in [1.29, 1.82) is 0 Å². The molecule has 2 aromatic heterocycles. The van der Waals surface area contributed by atoms with Gasteiger partial charge in [0.1, 0.15) is 17.3 Å². The molecule has 2 aromatic carbocycles. The highest BCUT2D eigenvalue weighted by atomic mass is 15.2. The van der Waals surface area contributed by atoms with Crippen LogP contribution in [0.25, 0.3) is 11.0 Å². The van der Waals surface area contributed by atoms with E-state index in [4.69, 9.17) is 4.98 Å². The molecule has 0 radical (unpaired) electrons. The number of hydrogen-bond acceptors (Lipinski definition) is 3. The number of hydrogen-bond donors (Lipinski definition) is 1. The monoisotopic (exact) mass is 342 g/mol. The molecule has 0 fully saturated rings. The van der Waals surface area contributed by atoms with Gasteiger partial charge in [-0.25, -0.2) is 9.97 Å². The number of nitrogens with one attached hydrogen (secondary N) is 1. The smallest absolute Gasteiger partial charge is 0.143 e. The van der Waals surface area contributed by atoms with E-state index in [2.05, 4.69) is 76.4 Å². The molecule has 0 amide bonds. The summed E-state index contributed by atoms with van der Waals surface area (Å²) < 4.78 is 0. The molecule has 0 saturated carbocycles. The van der Waals surface area contributed by atoms with Crippen LogP contribution in [0.4, 0.5) is 5.82 Å². The molecule has 26 heavy (non-hydrogen) atoms. The Kier molecular flexibility index (Phi) is 4.40. The fourth-order valence-electron chi connectivity index (χ4n) is 3.29. The van der Waals surface area contributed by atoms with Gasteiger partial charge in [-0.05, 0) is 31.0 Å². The molecule has 0 aliphatic rings. The van der Waals surface area contributed by atoms with Crippen molar-refractivity contribution in [3.05, 3.63) is 89.4 Å². The second-order valence-electron chi connectivity index (χ2n) is 6.64. The Labute approximate surface area is 153 Å². The third-order valence-electron chi connectivity index (χ3n) is 4.45. The van der Waals surface area contributed by atoms with Crippen molar-refractivity contribution >= 4 is 16.9 Å². The molecule has 0 spiro atoms. The summed E-state index contributed by atoms with van der Waals surface area (Å²) >= 11 is 0. The van der Waals surface area contributed by atoms with Crippen molar-refractivity contribution in [3.63, 3.8) is 0 Å². The van der Waals surface area contributed by atoms with Gasteiger partial charge in [-0.15, -0.1) is 0 Å². The van der Waals surface area contributed by atoms with Crippen molar-refractivity contribution in [2.24, 2.45) is 0 Å². The number of anilines is 1. The van der Waals surface area contributed by atoms with Crippen LogP contribution in [0.5, 0.6) is 0 Å². The maximum absolute atomic E-state index is 4.80. The van der Waals surface area contributed by atoms with E-state index in [0.29, 0.717) is 0 Å². The van der Waals surface area contributed by atoms with Gasteiger partial charge < -0.3 is 9.88 Å². The Hall–Kier alpha value is -3.14. The van der Waals surface area contributed by atoms with Crippen molar-refractivity contribution in [1.82, 2.24) is 15.0 Å². The lowest BCUT2D eigenvalue weighted by Crippen LogP contribution is -2.23. The van der Waals surface area contributed by atoms with Gasteiger partial charge in [0.15, 0.2) is 0 Å².